The summed E-state index contributed by atoms with van der Waals surface area (Å²) >= 11 is 0. The lowest BCUT2D eigenvalue weighted by Crippen LogP contribution is -1.99. The highest BCUT2D eigenvalue weighted by Crippen LogP contribution is 2.15. The molecule has 14 heavy (non-hydrogen) atoms. The van der Waals surface area contributed by atoms with E-state index in [1.807, 2.05) is 12.1 Å². The highest BCUT2D eigenvalue weighted by atomic mass is 16.4. The van der Waals surface area contributed by atoms with Gasteiger partial charge in [0.15, 0.2) is 0 Å². The first-order valence-corrected chi connectivity index (χ1v) is 4.10. The standard InChI is InChI=1S/C10H8N2O2/c13-10(14)9-4-3-7(6-12-9)8-2-1-5-11-8/h1-6,11H,(H,13,14). The molecule has 0 fully saturated rings. The quantitative estimate of drug-likeness (QED) is 0.754. The van der Waals surface area contributed by atoms with E-state index in [0.29, 0.717) is 0 Å². The van der Waals surface area contributed by atoms with E-state index in [1.54, 1.807) is 12.3 Å². The van der Waals surface area contributed by atoms with Crippen molar-refractivity contribution in [2.45, 2.75) is 0 Å². The smallest absolute Gasteiger partial charge is 0.354 e. The van der Waals surface area contributed by atoms with Crippen molar-refractivity contribution in [2.75, 3.05) is 0 Å². The highest BCUT2D eigenvalue weighted by molar-refractivity contribution is 5.85. The molecule has 2 aromatic rings. The monoisotopic (exact) mass is 188 g/mol. The minimum Gasteiger partial charge on any atom is -0.477 e. The number of nitrogens with one attached hydrogen (secondary N) is 1. The third-order valence-corrected chi connectivity index (χ3v) is 1.89. The molecule has 0 saturated carbocycles. The Balaban J connectivity index is 2.36. The maximum atomic E-state index is 10.5. The second kappa shape index (κ2) is 3.33. The van der Waals surface area contributed by atoms with Crippen LogP contribution in [0.5, 0.6) is 0 Å². The molecule has 0 aliphatic heterocycles. The maximum absolute atomic E-state index is 10.5. The van der Waals surface area contributed by atoms with Crippen LogP contribution in [0.25, 0.3) is 11.3 Å². The van der Waals surface area contributed by atoms with E-state index in [1.165, 1.54) is 12.3 Å². The summed E-state index contributed by atoms with van der Waals surface area (Å²) in [5, 5.41) is 8.64. The van der Waals surface area contributed by atoms with Crippen molar-refractivity contribution in [3.05, 3.63) is 42.4 Å². The number of aromatic amines is 1. The molecule has 2 rings (SSSR count). The van der Waals surface area contributed by atoms with Crippen LogP contribution in [0.1, 0.15) is 10.5 Å². The van der Waals surface area contributed by atoms with Crippen molar-refractivity contribution >= 4 is 5.97 Å². The zero-order valence-corrected chi connectivity index (χ0v) is 7.27. The van der Waals surface area contributed by atoms with Gasteiger partial charge in [-0.2, -0.15) is 0 Å². The van der Waals surface area contributed by atoms with Crippen molar-refractivity contribution in [1.82, 2.24) is 9.97 Å². The lowest BCUT2D eigenvalue weighted by molar-refractivity contribution is 0.0690. The number of carboxylic acids is 1. The number of rotatable bonds is 2. The SMILES string of the molecule is O=C(O)c1ccc(-c2ccc[nH]2)cn1. The normalized spacial score (nSPS) is 10.0. The zero-order chi connectivity index (χ0) is 9.97. The first kappa shape index (κ1) is 8.50. The lowest BCUT2D eigenvalue weighted by atomic mass is 10.2. The van der Waals surface area contributed by atoms with E-state index in [-0.39, 0.29) is 5.69 Å². The molecule has 2 heterocycles. The third kappa shape index (κ3) is 1.50. The van der Waals surface area contributed by atoms with Gasteiger partial charge >= 0.3 is 5.97 Å². The molecule has 0 aliphatic carbocycles. The molecular weight excluding hydrogens is 180 g/mol. The molecule has 0 amide bonds. The van der Waals surface area contributed by atoms with Crippen molar-refractivity contribution < 1.29 is 9.90 Å². The van der Waals surface area contributed by atoms with E-state index >= 15 is 0 Å². The highest BCUT2D eigenvalue weighted by Gasteiger charge is 2.04. The summed E-state index contributed by atoms with van der Waals surface area (Å²) in [6, 6.07) is 6.98. The van der Waals surface area contributed by atoms with E-state index in [0.717, 1.165) is 11.3 Å². The van der Waals surface area contributed by atoms with Gasteiger partial charge in [0.2, 0.25) is 0 Å². The van der Waals surface area contributed by atoms with Gasteiger partial charge in [0.05, 0.1) is 0 Å². The lowest BCUT2D eigenvalue weighted by Gasteiger charge is -1.97. The molecule has 0 aliphatic rings. The van der Waals surface area contributed by atoms with E-state index in [9.17, 15) is 4.79 Å². The van der Waals surface area contributed by atoms with Crippen molar-refractivity contribution in [2.24, 2.45) is 0 Å². The molecule has 0 atom stereocenters. The zero-order valence-electron chi connectivity index (χ0n) is 7.27. The first-order valence-electron chi connectivity index (χ1n) is 4.10. The summed E-state index contributed by atoms with van der Waals surface area (Å²) in [5.74, 6) is -1.01. The summed E-state index contributed by atoms with van der Waals surface area (Å²) < 4.78 is 0. The van der Waals surface area contributed by atoms with Gasteiger partial charge in [0, 0.05) is 23.7 Å². The molecular formula is C10H8N2O2. The second-order valence-electron chi connectivity index (χ2n) is 2.82. The number of carboxylic acid groups (broad SMARTS) is 1. The Kier molecular flexibility index (Phi) is 2.02. The Bertz CT molecular complexity index is 432. The number of hydrogen-bond donors (Lipinski definition) is 2. The number of carbonyl (C=O) groups is 1. The van der Waals surface area contributed by atoms with Crippen LogP contribution in [0.3, 0.4) is 0 Å². The van der Waals surface area contributed by atoms with Crippen LogP contribution in [0, 0.1) is 0 Å². The average molecular weight is 188 g/mol. The van der Waals surface area contributed by atoms with Crippen LogP contribution in [0.15, 0.2) is 36.7 Å². The third-order valence-electron chi connectivity index (χ3n) is 1.89. The number of hydrogen-bond acceptors (Lipinski definition) is 2. The van der Waals surface area contributed by atoms with Gasteiger partial charge in [-0.25, -0.2) is 9.78 Å². The fourth-order valence-electron chi connectivity index (χ4n) is 1.19. The van der Waals surface area contributed by atoms with Crippen molar-refractivity contribution in [3.63, 3.8) is 0 Å². The Hall–Kier alpha value is -2.10. The average Bonchev–Trinajstić information content (AvgIpc) is 2.71. The molecule has 0 aromatic carbocycles. The van der Waals surface area contributed by atoms with E-state index in [4.69, 9.17) is 5.11 Å². The number of H-pyrrole nitrogens is 1. The molecule has 4 heteroatoms. The molecule has 2 N–H and O–H groups in total. The Morgan fingerprint density at radius 3 is 2.71 bits per heavy atom. The number of nitrogens with zero attached hydrogens (tertiary/aromatic N) is 1. The van der Waals surface area contributed by atoms with Crippen molar-refractivity contribution in [3.8, 4) is 11.3 Å². The van der Waals surface area contributed by atoms with Gasteiger partial charge in [0.25, 0.3) is 0 Å². The minimum atomic E-state index is -1.01. The number of aromatic nitrogens is 2. The molecule has 70 valence electrons. The summed E-state index contributed by atoms with van der Waals surface area (Å²) in [6.07, 6.45) is 3.34. The summed E-state index contributed by atoms with van der Waals surface area (Å²) in [7, 11) is 0. The van der Waals surface area contributed by atoms with Crippen molar-refractivity contribution in [1.29, 1.82) is 0 Å². The maximum Gasteiger partial charge on any atom is 0.354 e. The van der Waals surface area contributed by atoms with Crippen LogP contribution in [-0.2, 0) is 0 Å². The van der Waals surface area contributed by atoms with Gasteiger partial charge in [-0.15, -0.1) is 0 Å². The van der Waals surface area contributed by atoms with E-state index < -0.39 is 5.97 Å². The largest absolute Gasteiger partial charge is 0.477 e. The van der Waals surface area contributed by atoms with Crippen LogP contribution in [-0.4, -0.2) is 21.0 Å². The van der Waals surface area contributed by atoms with Gasteiger partial charge in [-0.3, -0.25) is 0 Å². The van der Waals surface area contributed by atoms with Crippen LogP contribution >= 0.6 is 0 Å². The van der Waals surface area contributed by atoms with Crippen LogP contribution in [0.4, 0.5) is 0 Å². The predicted molar refractivity (Wildman–Crippen MR) is 51.0 cm³/mol. The molecule has 2 aromatic heterocycles. The summed E-state index contributed by atoms with van der Waals surface area (Å²) in [6.45, 7) is 0. The van der Waals surface area contributed by atoms with Gasteiger partial charge in [0.1, 0.15) is 5.69 Å². The topological polar surface area (TPSA) is 66.0 Å². The van der Waals surface area contributed by atoms with Crippen LogP contribution in [0.2, 0.25) is 0 Å². The van der Waals surface area contributed by atoms with E-state index in [2.05, 4.69) is 9.97 Å². The molecule has 0 radical (unpaired) electrons. The Morgan fingerprint density at radius 1 is 1.36 bits per heavy atom. The van der Waals surface area contributed by atoms with Gasteiger partial charge in [-0.05, 0) is 24.3 Å². The predicted octanol–water partition coefficient (Wildman–Crippen LogP) is 1.77. The fourth-order valence-corrected chi connectivity index (χ4v) is 1.19. The molecule has 0 saturated heterocycles. The fraction of sp³-hybridized carbons (Fsp3) is 0. The molecule has 0 spiro atoms. The summed E-state index contributed by atoms with van der Waals surface area (Å²) in [4.78, 5) is 17.4. The number of pyridine rings is 1. The van der Waals surface area contributed by atoms with Gasteiger partial charge < -0.3 is 10.1 Å². The molecule has 0 bridgehead atoms. The molecule has 4 nitrogen and oxygen atoms in total. The minimum absolute atomic E-state index is 0.0558. The second-order valence-corrected chi connectivity index (χ2v) is 2.82. The number of aromatic carboxylic acids is 1. The molecule has 0 unspecified atom stereocenters. The first-order chi connectivity index (χ1) is 6.77. The Morgan fingerprint density at radius 2 is 2.21 bits per heavy atom. The van der Waals surface area contributed by atoms with Gasteiger partial charge in [-0.1, -0.05) is 0 Å². The summed E-state index contributed by atoms with van der Waals surface area (Å²) in [5.41, 5.74) is 1.86. The van der Waals surface area contributed by atoms with Crippen LogP contribution < -0.4 is 0 Å². The Labute approximate surface area is 80.2 Å².